The van der Waals surface area contributed by atoms with Gasteiger partial charge in [-0.05, 0) is 51.9 Å². The second-order valence-electron chi connectivity index (χ2n) is 6.93. The van der Waals surface area contributed by atoms with E-state index in [1.165, 1.54) is 0 Å². The van der Waals surface area contributed by atoms with E-state index < -0.39 is 42.0 Å². The number of rotatable bonds is 3. The molecule has 0 aromatic rings. The Morgan fingerprint density at radius 3 is 2.14 bits per heavy atom. The summed E-state index contributed by atoms with van der Waals surface area (Å²) >= 11 is 0. The Labute approximate surface area is 121 Å². The van der Waals surface area contributed by atoms with E-state index >= 15 is 0 Å². The lowest BCUT2D eigenvalue weighted by molar-refractivity contribution is -0.180. The van der Waals surface area contributed by atoms with Crippen molar-refractivity contribution >= 4 is 6.16 Å². The second kappa shape index (κ2) is 5.32. The molecule has 0 N–H and O–H groups in total. The average Bonchev–Trinajstić information content (AvgIpc) is 2.85. The highest BCUT2D eigenvalue weighted by atomic mass is 19.3. The van der Waals surface area contributed by atoms with Crippen molar-refractivity contribution < 1.29 is 31.8 Å². The van der Waals surface area contributed by atoms with Crippen LogP contribution in [0.4, 0.5) is 22.4 Å². The van der Waals surface area contributed by atoms with Gasteiger partial charge >= 0.3 is 18.5 Å². The maximum absolute atomic E-state index is 13.4. The molecule has 0 radical (unpaired) electrons. The zero-order valence-electron chi connectivity index (χ0n) is 12.2. The van der Waals surface area contributed by atoms with E-state index in [1.807, 2.05) is 0 Å². The normalized spacial score (nSPS) is 32.6. The molecule has 0 heterocycles. The molecule has 0 aliphatic heterocycles. The van der Waals surface area contributed by atoms with Gasteiger partial charge in [-0.2, -0.15) is 8.78 Å². The standard InChI is InChI=1S/C14H20F4O3/c1-13(2,3)21-12(19)20-10-6-7-4-8(10)5-9(7)14(17,18)11(15)16/h7-11H,4-6H2,1-3H3. The smallest absolute Gasteiger partial charge is 0.431 e. The van der Waals surface area contributed by atoms with Gasteiger partial charge < -0.3 is 9.47 Å². The van der Waals surface area contributed by atoms with E-state index in [-0.39, 0.29) is 18.8 Å². The van der Waals surface area contributed by atoms with Crippen LogP contribution in [0.15, 0.2) is 0 Å². The molecule has 0 amide bonds. The van der Waals surface area contributed by atoms with Crippen LogP contribution in [0, 0.1) is 17.8 Å². The van der Waals surface area contributed by atoms with Gasteiger partial charge in [-0.1, -0.05) is 0 Å². The molecule has 0 spiro atoms. The molecule has 0 aromatic heterocycles. The molecule has 4 atom stereocenters. The topological polar surface area (TPSA) is 35.5 Å². The Kier molecular flexibility index (Phi) is 4.14. The van der Waals surface area contributed by atoms with Gasteiger partial charge in [-0.25, -0.2) is 13.6 Å². The van der Waals surface area contributed by atoms with Crippen LogP contribution in [0.3, 0.4) is 0 Å². The first-order chi connectivity index (χ1) is 9.50. The lowest BCUT2D eigenvalue weighted by Gasteiger charge is -2.32. The SMILES string of the molecule is CC(C)(C)OC(=O)OC1CC2CC1CC2C(F)(F)C(F)F. The van der Waals surface area contributed by atoms with Gasteiger partial charge in [-0.3, -0.25) is 0 Å². The third kappa shape index (κ3) is 3.43. The van der Waals surface area contributed by atoms with Crippen molar-refractivity contribution in [3.8, 4) is 0 Å². The number of ether oxygens (including phenoxy) is 2. The summed E-state index contributed by atoms with van der Waals surface area (Å²) < 4.78 is 61.9. The third-order valence-electron chi connectivity index (χ3n) is 4.21. The molecule has 2 aliphatic rings. The summed E-state index contributed by atoms with van der Waals surface area (Å²) in [6.07, 6.45) is -4.41. The summed E-state index contributed by atoms with van der Waals surface area (Å²) in [4.78, 5) is 11.6. The third-order valence-corrected chi connectivity index (χ3v) is 4.21. The van der Waals surface area contributed by atoms with Gasteiger partial charge in [0.05, 0.1) is 0 Å². The van der Waals surface area contributed by atoms with Gasteiger partial charge in [0.2, 0.25) is 0 Å². The number of carbonyl (C=O) groups is 1. The fourth-order valence-corrected chi connectivity index (χ4v) is 3.40. The molecule has 21 heavy (non-hydrogen) atoms. The molecule has 2 fully saturated rings. The number of fused-ring (bicyclic) bond motifs is 2. The van der Waals surface area contributed by atoms with Crippen LogP contribution in [0.2, 0.25) is 0 Å². The van der Waals surface area contributed by atoms with Crippen LogP contribution < -0.4 is 0 Å². The van der Waals surface area contributed by atoms with E-state index in [0.717, 1.165) is 0 Å². The minimum Gasteiger partial charge on any atom is -0.431 e. The van der Waals surface area contributed by atoms with Crippen molar-refractivity contribution in [2.45, 2.75) is 64.1 Å². The summed E-state index contributed by atoms with van der Waals surface area (Å²) in [7, 11) is 0. The van der Waals surface area contributed by atoms with Crippen molar-refractivity contribution in [2.24, 2.45) is 17.8 Å². The highest BCUT2D eigenvalue weighted by Crippen LogP contribution is 2.55. The van der Waals surface area contributed by atoms with Gasteiger partial charge in [0.15, 0.2) is 0 Å². The lowest BCUT2D eigenvalue weighted by atomic mass is 9.83. The number of hydrogen-bond acceptors (Lipinski definition) is 3. The molecular weight excluding hydrogens is 292 g/mol. The molecule has 2 saturated carbocycles. The number of hydrogen-bond donors (Lipinski definition) is 0. The maximum atomic E-state index is 13.4. The van der Waals surface area contributed by atoms with Crippen molar-refractivity contribution in [3.05, 3.63) is 0 Å². The number of alkyl halides is 4. The predicted molar refractivity (Wildman–Crippen MR) is 66.4 cm³/mol. The number of halogens is 4. The van der Waals surface area contributed by atoms with Gasteiger partial charge in [0.25, 0.3) is 0 Å². The molecule has 2 aliphatic carbocycles. The van der Waals surface area contributed by atoms with Crippen LogP contribution in [0.25, 0.3) is 0 Å². The highest BCUT2D eigenvalue weighted by Gasteiger charge is 2.60. The van der Waals surface area contributed by atoms with Gasteiger partial charge in [0, 0.05) is 5.92 Å². The quantitative estimate of drug-likeness (QED) is 0.577. The Hall–Kier alpha value is -1.01. The van der Waals surface area contributed by atoms with Crippen LogP contribution >= 0.6 is 0 Å². The molecule has 122 valence electrons. The molecule has 2 bridgehead atoms. The fraction of sp³-hybridized carbons (Fsp3) is 0.929. The van der Waals surface area contributed by atoms with Gasteiger partial charge in [0.1, 0.15) is 11.7 Å². The molecule has 7 heteroatoms. The van der Waals surface area contributed by atoms with Gasteiger partial charge in [-0.15, -0.1) is 0 Å². The van der Waals surface area contributed by atoms with Crippen molar-refractivity contribution in [1.82, 2.24) is 0 Å². The van der Waals surface area contributed by atoms with Crippen LogP contribution in [0.5, 0.6) is 0 Å². The summed E-state index contributed by atoms with van der Waals surface area (Å²) in [5.41, 5.74) is -0.694. The predicted octanol–water partition coefficient (Wildman–Crippen LogP) is 4.25. The summed E-state index contributed by atoms with van der Waals surface area (Å²) in [5, 5.41) is 0. The van der Waals surface area contributed by atoms with E-state index in [0.29, 0.717) is 6.42 Å². The minimum absolute atomic E-state index is 0.0323. The molecule has 2 rings (SSSR count). The van der Waals surface area contributed by atoms with Crippen LogP contribution in [-0.4, -0.2) is 30.2 Å². The zero-order chi connectivity index (χ0) is 16.0. The average molecular weight is 312 g/mol. The first kappa shape index (κ1) is 16.4. The Balaban J connectivity index is 1.91. The first-order valence-corrected chi connectivity index (χ1v) is 7.06. The Bertz CT molecular complexity index is 406. The molecule has 3 nitrogen and oxygen atoms in total. The lowest BCUT2D eigenvalue weighted by Crippen LogP contribution is -2.41. The van der Waals surface area contributed by atoms with Crippen LogP contribution in [0.1, 0.15) is 40.0 Å². The summed E-state index contributed by atoms with van der Waals surface area (Å²) in [6, 6.07) is 0. The first-order valence-electron chi connectivity index (χ1n) is 7.06. The van der Waals surface area contributed by atoms with E-state index in [4.69, 9.17) is 9.47 Å². The zero-order valence-corrected chi connectivity index (χ0v) is 12.2. The van der Waals surface area contributed by atoms with Crippen molar-refractivity contribution in [3.63, 3.8) is 0 Å². The molecule has 4 unspecified atom stereocenters. The summed E-state index contributed by atoms with van der Waals surface area (Å²) in [5.74, 6) is -6.08. The second-order valence-corrected chi connectivity index (χ2v) is 6.93. The molecular formula is C14H20F4O3. The monoisotopic (exact) mass is 312 g/mol. The van der Waals surface area contributed by atoms with E-state index in [2.05, 4.69) is 0 Å². The van der Waals surface area contributed by atoms with E-state index in [1.54, 1.807) is 20.8 Å². The van der Waals surface area contributed by atoms with Crippen molar-refractivity contribution in [2.75, 3.05) is 0 Å². The molecule has 0 aromatic carbocycles. The van der Waals surface area contributed by atoms with Crippen LogP contribution in [-0.2, 0) is 9.47 Å². The largest absolute Gasteiger partial charge is 0.509 e. The van der Waals surface area contributed by atoms with Crippen molar-refractivity contribution in [1.29, 1.82) is 0 Å². The summed E-state index contributed by atoms with van der Waals surface area (Å²) in [6.45, 7) is 5.07. The highest BCUT2D eigenvalue weighted by molar-refractivity contribution is 5.60. The number of carbonyl (C=O) groups excluding carboxylic acids is 1. The maximum Gasteiger partial charge on any atom is 0.509 e. The molecule has 0 saturated heterocycles. The van der Waals surface area contributed by atoms with E-state index in [9.17, 15) is 22.4 Å². The Morgan fingerprint density at radius 1 is 1.10 bits per heavy atom. The Morgan fingerprint density at radius 2 is 1.71 bits per heavy atom. The fourth-order valence-electron chi connectivity index (χ4n) is 3.40. The minimum atomic E-state index is -3.96.